The van der Waals surface area contributed by atoms with Crippen LogP contribution in [0.5, 0.6) is 10.9 Å². The number of hydrogen-bond acceptors (Lipinski definition) is 9. The first kappa shape index (κ1) is 32.8. The summed E-state index contributed by atoms with van der Waals surface area (Å²) in [7, 11) is 2.04. The number of ketones is 1. The number of likely N-dealkylation sites (tertiary alicyclic amines) is 1. The monoisotopic (exact) mass is 620 g/mol. The third kappa shape index (κ3) is 13.0. The second kappa shape index (κ2) is 18.5. The van der Waals surface area contributed by atoms with Crippen LogP contribution in [0.3, 0.4) is 0 Å². The third-order valence-electron chi connectivity index (χ3n) is 7.15. The molecule has 7 nitrogen and oxygen atoms in total. The van der Waals surface area contributed by atoms with Gasteiger partial charge < -0.3 is 14.4 Å². The van der Waals surface area contributed by atoms with Crippen LogP contribution < -0.4 is 9.47 Å². The SMILES string of the molecule is CC(=O)CCN(C)CCCOc1ccc(Cc2nccs2)cc1.c1ccc(Cc2cnc(OCCN3CCCC3)s2)cc1. The summed E-state index contributed by atoms with van der Waals surface area (Å²) in [5, 5.41) is 3.93. The maximum absolute atomic E-state index is 10.9. The largest absolute Gasteiger partial charge is 0.494 e. The van der Waals surface area contributed by atoms with Crippen molar-refractivity contribution in [2.75, 3.05) is 53.0 Å². The summed E-state index contributed by atoms with van der Waals surface area (Å²) in [5.74, 6) is 1.14. The number of Topliss-reactive ketones (excluding diaryl/α,β-unsaturated/α-hetero) is 1. The molecule has 1 saturated heterocycles. The fourth-order valence-electron chi connectivity index (χ4n) is 4.71. The van der Waals surface area contributed by atoms with Crippen LogP contribution in [-0.2, 0) is 17.6 Å². The lowest BCUT2D eigenvalue weighted by Crippen LogP contribution is -2.24. The Morgan fingerprint density at radius 1 is 0.930 bits per heavy atom. The molecule has 1 fully saturated rings. The van der Waals surface area contributed by atoms with E-state index in [-0.39, 0.29) is 5.78 Å². The summed E-state index contributed by atoms with van der Waals surface area (Å²) in [6.07, 6.45) is 9.82. The van der Waals surface area contributed by atoms with Crippen molar-refractivity contribution in [3.63, 3.8) is 0 Å². The van der Waals surface area contributed by atoms with Gasteiger partial charge in [0.05, 0.1) is 11.6 Å². The molecule has 3 heterocycles. The Morgan fingerprint density at radius 2 is 1.70 bits per heavy atom. The molecule has 1 aliphatic heterocycles. The molecule has 2 aromatic carbocycles. The van der Waals surface area contributed by atoms with Crippen molar-refractivity contribution in [3.8, 4) is 10.9 Å². The molecular formula is C34H44N4O3S2. The molecule has 0 radical (unpaired) electrons. The second-order valence-electron chi connectivity index (χ2n) is 10.9. The molecular weight excluding hydrogens is 577 g/mol. The van der Waals surface area contributed by atoms with E-state index in [1.165, 1.54) is 41.9 Å². The van der Waals surface area contributed by atoms with Crippen molar-refractivity contribution in [1.82, 2.24) is 19.8 Å². The number of carbonyl (C=O) groups is 1. The minimum Gasteiger partial charge on any atom is -0.494 e. The third-order valence-corrected chi connectivity index (χ3v) is 8.84. The molecule has 0 saturated carbocycles. The van der Waals surface area contributed by atoms with Crippen molar-refractivity contribution in [2.45, 2.75) is 45.4 Å². The van der Waals surface area contributed by atoms with Gasteiger partial charge in [-0.25, -0.2) is 9.97 Å². The van der Waals surface area contributed by atoms with E-state index >= 15 is 0 Å². The standard InChI is InChI=1S/C18H24N2O2S.C16H20N2OS/c1-15(21)8-11-20(2)10-3-12-22-17-6-4-16(5-7-17)14-18-19-9-13-23-18;1-2-6-14(7-3-1)12-15-13-17-16(20-15)19-11-10-18-8-4-5-9-18/h4-7,9,13H,3,8,10-12,14H2,1-2H3;1-3,6-7,13H,4-5,8-12H2. The molecule has 0 bridgehead atoms. The van der Waals surface area contributed by atoms with E-state index in [4.69, 9.17) is 9.47 Å². The van der Waals surface area contributed by atoms with Gasteiger partial charge in [0.1, 0.15) is 18.1 Å². The lowest BCUT2D eigenvalue weighted by Gasteiger charge is -2.15. The first-order valence-electron chi connectivity index (χ1n) is 15.2. The number of carbonyl (C=O) groups excluding carboxylic acids is 1. The van der Waals surface area contributed by atoms with Crippen LogP contribution in [0.25, 0.3) is 0 Å². The topological polar surface area (TPSA) is 67.8 Å². The van der Waals surface area contributed by atoms with Crippen LogP contribution in [0.4, 0.5) is 0 Å². The van der Waals surface area contributed by atoms with Gasteiger partial charge in [0.2, 0.25) is 0 Å². The summed E-state index contributed by atoms with van der Waals surface area (Å²) in [5.41, 5.74) is 2.57. The normalized spacial score (nSPS) is 13.1. The van der Waals surface area contributed by atoms with Crippen LogP contribution in [0.1, 0.15) is 53.6 Å². The van der Waals surface area contributed by atoms with Crippen molar-refractivity contribution >= 4 is 28.5 Å². The predicted octanol–water partition coefficient (Wildman–Crippen LogP) is 6.62. The molecule has 1 aliphatic rings. The smallest absolute Gasteiger partial charge is 0.273 e. The van der Waals surface area contributed by atoms with Gasteiger partial charge in [-0.1, -0.05) is 53.8 Å². The van der Waals surface area contributed by atoms with Crippen molar-refractivity contribution in [1.29, 1.82) is 0 Å². The highest BCUT2D eigenvalue weighted by molar-refractivity contribution is 7.13. The number of ether oxygens (including phenoxy) is 2. The molecule has 230 valence electrons. The van der Waals surface area contributed by atoms with E-state index in [1.807, 2.05) is 43.0 Å². The summed E-state index contributed by atoms with van der Waals surface area (Å²) in [6.45, 7) is 8.30. The molecule has 0 aliphatic carbocycles. The van der Waals surface area contributed by atoms with Crippen LogP contribution >= 0.6 is 22.7 Å². The lowest BCUT2D eigenvalue weighted by atomic mass is 10.1. The zero-order valence-corrected chi connectivity index (χ0v) is 27.1. The van der Waals surface area contributed by atoms with Crippen LogP contribution in [0.2, 0.25) is 0 Å². The Balaban J connectivity index is 0.000000198. The molecule has 0 unspecified atom stereocenters. The van der Waals surface area contributed by atoms with Gasteiger partial charge >= 0.3 is 0 Å². The first-order chi connectivity index (χ1) is 21.0. The average Bonchev–Trinajstić information content (AvgIpc) is 3.81. The molecule has 4 aromatic rings. The van der Waals surface area contributed by atoms with E-state index in [9.17, 15) is 4.79 Å². The number of aromatic nitrogens is 2. The fraction of sp³-hybridized carbons (Fsp3) is 0.441. The molecule has 9 heteroatoms. The molecule has 0 amide bonds. The molecule has 43 heavy (non-hydrogen) atoms. The van der Waals surface area contributed by atoms with E-state index in [2.05, 4.69) is 56.2 Å². The molecule has 0 spiro atoms. The van der Waals surface area contributed by atoms with Crippen LogP contribution in [-0.4, -0.2) is 78.5 Å². The van der Waals surface area contributed by atoms with Crippen molar-refractivity contribution < 1.29 is 14.3 Å². The number of hydrogen-bond donors (Lipinski definition) is 0. The Hall–Kier alpha value is -3.11. The first-order valence-corrected chi connectivity index (χ1v) is 16.8. The fourth-order valence-corrected chi connectivity index (χ4v) is 6.17. The number of thiazole rings is 2. The van der Waals surface area contributed by atoms with E-state index in [0.717, 1.165) is 61.5 Å². The van der Waals surface area contributed by atoms with Gasteiger partial charge in [0.25, 0.3) is 5.19 Å². The van der Waals surface area contributed by atoms with Gasteiger partial charge in [0, 0.05) is 61.5 Å². The lowest BCUT2D eigenvalue weighted by molar-refractivity contribution is -0.117. The van der Waals surface area contributed by atoms with Crippen LogP contribution in [0, 0.1) is 0 Å². The van der Waals surface area contributed by atoms with E-state index in [0.29, 0.717) is 13.0 Å². The zero-order chi connectivity index (χ0) is 30.1. The summed E-state index contributed by atoms with van der Waals surface area (Å²) >= 11 is 3.34. The highest BCUT2D eigenvalue weighted by Crippen LogP contribution is 2.23. The maximum atomic E-state index is 10.9. The Bertz CT molecular complexity index is 1310. The number of nitrogens with zero attached hydrogens (tertiary/aromatic N) is 4. The van der Waals surface area contributed by atoms with Gasteiger partial charge in [-0.05, 0) is 69.6 Å². The maximum Gasteiger partial charge on any atom is 0.273 e. The quantitative estimate of drug-likeness (QED) is 0.130. The molecule has 0 N–H and O–H groups in total. The highest BCUT2D eigenvalue weighted by Gasteiger charge is 2.11. The Labute approximate surface area is 264 Å². The van der Waals surface area contributed by atoms with Gasteiger partial charge in [-0.15, -0.1) is 11.3 Å². The number of rotatable bonds is 16. The predicted molar refractivity (Wildman–Crippen MR) is 177 cm³/mol. The van der Waals surface area contributed by atoms with Crippen LogP contribution in [0.15, 0.2) is 72.4 Å². The van der Waals surface area contributed by atoms with Gasteiger partial charge in [-0.2, -0.15) is 0 Å². The summed E-state index contributed by atoms with van der Waals surface area (Å²) in [6, 6.07) is 18.7. The summed E-state index contributed by atoms with van der Waals surface area (Å²) < 4.78 is 11.5. The van der Waals surface area contributed by atoms with Gasteiger partial charge in [0.15, 0.2) is 0 Å². The number of benzene rings is 2. The van der Waals surface area contributed by atoms with Crippen molar-refractivity contribution in [2.24, 2.45) is 0 Å². The zero-order valence-electron chi connectivity index (χ0n) is 25.5. The Kier molecular flexibility index (Phi) is 14.1. The Morgan fingerprint density at radius 3 is 2.42 bits per heavy atom. The van der Waals surface area contributed by atoms with E-state index < -0.39 is 0 Å². The summed E-state index contributed by atoms with van der Waals surface area (Å²) in [4.78, 5) is 25.5. The molecule has 2 aromatic heterocycles. The highest BCUT2D eigenvalue weighted by atomic mass is 32.1. The second-order valence-corrected chi connectivity index (χ2v) is 12.9. The minimum absolute atomic E-state index is 0.242. The molecule has 5 rings (SSSR count). The molecule has 0 atom stereocenters. The van der Waals surface area contributed by atoms with Gasteiger partial charge in [-0.3, -0.25) is 9.69 Å². The minimum atomic E-state index is 0.242. The van der Waals surface area contributed by atoms with E-state index in [1.54, 1.807) is 29.6 Å². The van der Waals surface area contributed by atoms with Crippen molar-refractivity contribution in [3.05, 3.63) is 93.4 Å². The average molecular weight is 621 g/mol.